The molecule has 8 heteroatoms. The van der Waals surface area contributed by atoms with Crippen molar-refractivity contribution in [2.75, 3.05) is 27.2 Å². The van der Waals surface area contributed by atoms with E-state index in [2.05, 4.69) is 0 Å². The monoisotopic (exact) mass is 277 g/mol. The fraction of sp³-hybridized carbons (Fsp3) is 0.727. The highest BCUT2D eigenvalue weighted by Crippen LogP contribution is 2.17. The summed E-state index contributed by atoms with van der Waals surface area (Å²) in [6.07, 6.45) is -1.39. The van der Waals surface area contributed by atoms with Crippen molar-refractivity contribution in [3.05, 3.63) is 0 Å². The molecule has 0 aromatic carbocycles. The highest BCUT2D eigenvalue weighted by atomic mass is 16.5. The number of ether oxygens (including phenoxy) is 1. The topological polar surface area (TPSA) is 124 Å². The Morgan fingerprint density at radius 3 is 2.16 bits per heavy atom. The Morgan fingerprint density at radius 1 is 1.16 bits per heavy atom. The van der Waals surface area contributed by atoms with Crippen LogP contribution in [0.2, 0.25) is 0 Å². The minimum absolute atomic E-state index is 0.0831. The molecule has 0 aliphatic carbocycles. The fourth-order valence-electron chi connectivity index (χ4n) is 1.32. The van der Waals surface area contributed by atoms with Crippen molar-refractivity contribution in [3.8, 4) is 0 Å². The Kier molecular flexibility index (Phi) is 7.02. The zero-order valence-electron chi connectivity index (χ0n) is 11.0. The maximum absolute atomic E-state index is 11.3. The van der Waals surface area contributed by atoms with E-state index in [1.165, 1.54) is 0 Å². The molecular formula is C11H19NO7. The Morgan fingerprint density at radius 2 is 1.74 bits per heavy atom. The van der Waals surface area contributed by atoms with E-state index < -0.39 is 36.4 Å². The van der Waals surface area contributed by atoms with E-state index in [-0.39, 0.29) is 6.61 Å². The first-order valence-electron chi connectivity index (χ1n) is 5.65. The van der Waals surface area contributed by atoms with Crippen molar-refractivity contribution >= 4 is 17.9 Å². The van der Waals surface area contributed by atoms with Gasteiger partial charge in [0.05, 0.1) is 19.4 Å². The minimum Gasteiger partial charge on any atom is -0.481 e. The quantitative estimate of drug-likeness (QED) is 0.368. The SMILES string of the molecule is CN(C)CCCOC(=O)CC(O)(CC(=O)O)C(=O)O. The molecular weight excluding hydrogens is 258 g/mol. The summed E-state index contributed by atoms with van der Waals surface area (Å²) in [5.74, 6) is -4.21. The molecule has 0 aromatic rings. The molecule has 0 aliphatic rings. The number of esters is 1. The van der Waals surface area contributed by atoms with Crippen LogP contribution in [0.3, 0.4) is 0 Å². The number of rotatable bonds is 9. The molecule has 110 valence electrons. The number of carbonyl (C=O) groups excluding carboxylic acids is 1. The van der Waals surface area contributed by atoms with Gasteiger partial charge >= 0.3 is 17.9 Å². The van der Waals surface area contributed by atoms with Crippen LogP contribution in [0, 0.1) is 0 Å². The second-order valence-electron chi connectivity index (χ2n) is 4.46. The largest absolute Gasteiger partial charge is 0.481 e. The van der Waals surface area contributed by atoms with Crippen molar-refractivity contribution in [1.29, 1.82) is 0 Å². The van der Waals surface area contributed by atoms with E-state index in [1.807, 2.05) is 19.0 Å². The summed E-state index contributed by atoms with van der Waals surface area (Å²) in [4.78, 5) is 34.5. The third-order valence-electron chi connectivity index (χ3n) is 2.29. The van der Waals surface area contributed by atoms with E-state index >= 15 is 0 Å². The van der Waals surface area contributed by atoms with E-state index in [4.69, 9.17) is 14.9 Å². The van der Waals surface area contributed by atoms with Crippen LogP contribution in [-0.2, 0) is 19.1 Å². The zero-order valence-corrected chi connectivity index (χ0v) is 11.0. The summed E-state index contributed by atoms with van der Waals surface area (Å²) in [7, 11) is 3.69. The smallest absolute Gasteiger partial charge is 0.336 e. The summed E-state index contributed by atoms with van der Waals surface area (Å²) in [5.41, 5.74) is -2.63. The van der Waals surface area contributed by atoms with Crippen LogP contribution in [0.5, 0.6) is 0 Å². The van der Waals surface area contributed by atoms with Gasteiger partial charge in [-0.25, -0.2) is 4.79 Å². The number of hydrogen-bond acceptors (Lipinski definition) is 6. The van der Waals surface area contributed by atoms with Gasteiger partial charge in [-0.2, -0.15) is 0 Å². The number of aliphatic hydroxyl groups is 1. The van der Waals surface area contributed by atoms with Crippen LogP contribution < -0.4 is 0 Å². The number of carbonyl (C=O) groups is 3. The molecule has 0 spiro atoms. The highest BCUT2D eigenvalue weighted by Gasteiger charge is 2.41. The normalized spacial score (nSPS) is 13.9. The summed E-state index contributed by atoms with van der Waals surface area (Å²) in [5, 5.41) is 26.8. The van der Waals surface area contributed by atoms with Crippen LogP contribution in [0.15, 0.2) is 0 Å². The average Bonchev–Trinajstić information content (AvgIpc) is 2.22. The van der Waals surface area contributed by atoms with Crippen molar-refractivity contribution in [3.63, 3.8) is 0 Å². The Bertz CT molecular complexity index is 342. The Hall–Kier alpha value is -1.67. The Labute approximate surface area is 110 Å². The van der Waals surface area contributed by atoms with Gasteiger partial charge < -0.3 is 25.0 Å². The lowest BCUT2D eigenvalue weighted by atomic mass is 9.96. The molecule has 0 saturated heterocycles. The molecule has 19 heavy (non-hydrogen) atoms. The standard InChI is InChI=1S/C11H19NO7/c1-12(2)4-3-5-19-9(15)7-11(18,10(16)17)6-8(13)14/h18H,3-7H2,1-2H3,(H,13,14)(H,16,17). The van der Waals surface area contributed by atoms with Crippen LogP contribution >= 0.6 is 0 Å². The second kappa shape index (κ2) is 7.70. The molecule has 0 rings (SSSR count). The third-order valence-corrected chi connectivity index (χ3v) is 2.29. The number of nitrogens with zero attached hydrogens (tertiary/aromatic N) is 1. The average molecular weight is 277 g/mol. The molecule has 8 nitrogen and oxygen atoms in total. The first kappa shape index (κ1) is 17.3. The number of aliphatic carboxylic acids is 2. The van der Waals surface area contributed by atoms with Gasteiger partial charge in [-0.1, -0.05) is 0 Å². The van der Waals surface area contributed by atoms with Gasteiger partial charge in [0.2, 0.25) is 0 Å². The van der Waals surface area contributed by atoms with Gasteiger partial charge in [-0.05, 0) is 20.5 Å². The lowest BCUT2D eigenvalue weighted by molar-refractivity contribution is -0.172. The van der Waals surface area contributed by atoms with Gasteiger partial charge in [0, 0.05) is 6.54 Å². The van der Waals surface area contributed by atoms with Crippen LogP contribution in [0.25, 0.3) is 0 Å². The fourth-order valence-corrected chi connectivity index (χ4v) is 1.32. The summed E-state index contributed by atoms with van der Waals surface area (Å²) >= 11 is 0. The van der Waals surface area contributed by atoms with Crippen molar-refractivity contribution in [1.82, 2.24) is 4.90 Å². The predicted octanol–water partition coefficient (Wildman–Crippen LogP) is -0.838. The van der Waals surface area contributed by atoms with Crippen molar-refractivity contribution in [2.24, 2.45) is 0 Å². The molecule has 0 aliphatic heterocycles. The third kappa shape index (κ3) is 7.37. The highest BCUT2D eigenvalue weighted by molar-refractivity contribution is 5.88. The van der Waals surface area contributed by atoms with E-state index in [0.717, 1.165) is 0 Å². The number of carboxylic acid groups (broad SMARTS) is 2. The molecule has 0 bridgehead atoms. The van der Waals surface area contributed by atoms with Crippen LogP contribution in [0.1, 0.15) is 19.3 Å². The number of hydrogen-bond donors (Lipinski definition) is 3. The lowest BCUT2D eigenvalue weighted by Gasteiger charge is -2.20. The molecule has 3 N–H and O–H groups in total. The van der Waals surface area contributed by atoms with Crippen LogP contribution in [0.4, 0.5) is 0 Å². The van der Waals surface area contributed by atoms with Gasteiger partial charge in [-0.15, -0.1) is 0 Å². The van der Waals surface area contributed by atoms with Crippen LogP contribution in [-0.4, -0.2) is 71.0 Å². The Balaban J connectivity index is 4.25. The molecule has 0 fully saturated rings. The molecule has 1 unspecified atom stereocenters. The van der Waals surface area contributed by atoms with Gasteiger partial charge in [0.25, 0.3) is 0 Å². The number of carboxylic acids is 2. The molecule has 0 saturated carbocycles. The first-order valence-corrected chi connectivity index (χ1v) is 5.65. The molecule has 0 heterocycles. The summed E-state index contributed by atoms with van der Waals surface area (Å²) in [6, 6.07) is 0. The van der Waals surface area contributed by atoms with E-state index in [9.17, 15) is 19.5 Å². The summed E-state index contributed by atoms with van der Waals surface area (Å²) in [6.45, 7) is 0.769. The molecule has 0 aromatic heterocycles. The van der Waals surface area contributed by atoms with Gasteiger partial charge in [0.15, 0.2) is 5.60 Å². The van der Waals surface area contributed by atoms with Crippen molar-refractivity contribution < 1.29 is 34.4 Å². The van der Waals surface area contributed by atoms with Gasteiger partial charge in [0.1, 0.15) is 0 Å². The maximum Gasteiger partial charge on any atom is 0.336 e. The summed E-state index contributed by atoms with van der Waals surface area (Å²) < 4.78 is 4.74. The molecule has 1 atom stereocenters. The minimum atomic E-state index is -2.63. The van der Waals surface area contributed by atoms with E-state index in [0.29, 0.717) is 13.0 Å². The van der Waals surface area contributed by atoms with Crippen molar-refractivity contribution in [2.45, 2.75) is 24.9 Å². The maximum atomic E-state index is 11.3. The predicted molar refractivity (Wildman–Crippen MR) is 63.6 cm³/mol. The second-order valence-corrected chi connectivity index (χ2v) is 4.46. The lowest BCUT2D eigenvalue weighted by Crippen LogP contribution is -2.43. The van der Waals surface area contributed by atoms with E-state index in [1.54, 1.807) is 0 Å². The van der Waals surface area contributed by atoms with Gasteiger partial charge in [-0.3, -0.25) is 9.59 Å². The first-order chi connectivity index (χ1) is 8.67. The molecule has 0 amide bonds. The zero-order chi connectivity index (χ0) is 15.1. The molecule has 0 radical (unpaired) electrons.